The second-order valence-electron chi connectivity index (χ2n) is 6.46. The van der Waals surface area contributed by atoms with Gasteiger partial charge in [0.05, 0.1) is 6.10 Å². The highest BCUT2D eigenvalue weighted by Crippen LogP contribution is 2.06. The van der Waals surface area contributed by atoms with Crippen LogP contribution in [0.3, 0.4) is 0 Å². The highest BCUT2D eigenvalue weighted by Gasteiger charge is 2.08. The molecule has 20 heavy (non-hydrogen) atoms. The molecule has 1 atom stereocenters. The number of pyridine rings is 1. The molecule has 0 saturated heterocycles. The Bertz CT molecular complexity index is 346. The summed E-state index contributed by atoms with van der Waals surface area (Å²) in [5.74, 6) is 0. The van der Waals surface area contributed by atoms with Crippen molar-refractivity contribution in [3.63, 3.8) is 0 Å². The van der Waals surface area contributed by atoms with Crippen molar-refractivity contribution in [1.82, 2.24) is 10.3 Å². The Hall–Kier alpha value is -0.930. The number of aromatic nitrogens is 1. The predicted molar refractivity (Wildman–Crippen MR) is 85.0 cm³/mol. The molecular formula is C17H30N2O. The first-order valence-corrected chi connectivity index (χ1v) is 7.73. The van der Waals surface area contributed by atoms with E-state index in [-0.39, 0.29) is 5.54 Å². The Kier molecular flexibility index (Phi) is 7.78. The summed E-state index contributed by atoms with van der Waals surface area (Å²) in [7, 11) is 0. The van der Waals surface area contributed by atoms with E-state index < -0.39 is 0 Å². The van der Waals surface area contributed by atoms with Crippen LogP contribution < -0.4 is 5.32 Å². The fourth-order valence-corrected chi connectivity index (χ4v) is 2.05. The zero-order valence-electron chi connectivity index (χ0n) is 13.5. The maximum absolute atomic E-state index is 5.85. The van der Waals surface area contributed by atoms with Crippen LogP contribution in [0.2, 0.25) is 0 Å². The number of hydrogen-bond acceptors (Lipinski definition) is 3. The van der Waals surface area contributed by atoms with Crippen molar-refractivity contribution >= 4 is 0 Å². The summed E-state index contributed by atoms with van der Waals surface area (Å²) in [6.07, 6.45) is 8.49. The second kappa shape index (κ2) is 9.09. The van der Waals surface area contributed by atoms with Crippen molar-refractivity contribution in [2.45, 2.75) is 65.0 Å². The highest BCUT2D eigenvalue weighted by atomic mass is 16.5. The lowest BCUT2D eigenvalue weighted by Gasteiger charge is -2.21. The van der Waals surface area contributed by atoms with Gasteiger partial charge in [-0.2, -0.15) is 0 Å². The lowest BCUT2D eigenvalue weighted by atomic mass is 10.1. The lowest BCUT2D eigenvalue weighted by Crippen LogP contribution is -2.36. The molecule has 3 nitrogen and oxygen atoms in total. The number of rotatable bonds is 9. The van der Waals surface area contributed by atoms with E-state index in [1.54, 1.807) is 0 Å². The minimum atomic E-state index is 0.217. The molecule has 0 saturated carbocycles. The van der Waals surface area contributed by atoms with Gasteiger partial charge in [-0.3, -0.25) is 4.98 Å². The molecule has 3 heteroatoms. The molecule has 0 radical (unpaired) electrons. The van der Waals surface area contributed by atoms with Crippen molar-refractivity contribution in [2.24, 2.45) is 0 Å². The number of aryl methyl sites for hydroxylation is 1. The van der Waals surface area contributed by atoms with E-state index in [1.807, 2.05) is 12.4 Å². The Morgan fingerprint density at radius 1 is 1.20 bits per heavy atom. The van der Waals surface area contributed by atoms with Gasteiger partial charge in [-0.25, -0.2) is 0 Å². The van der Waals surface area contributed by atoms with Crippen molar-refractivity contribution < 1.29 is 4.74 Å². The Balaban J connectivity index is 1.99. The molecule has 114 valence electrons. The minimum Gasteiger partial charge on any atom is -0.378 e. The maximum Gasteiger partial charge on any atom is 0.0547 e. The molecule has 0 amide bonds. The Morgan fingerprint density at radius 3 is 2.55 bits per heavy atom. The Morgan fingerprint density at radius 2 is 1.90 bits per heavy atom. The molecule has 0 aromatic carbocycles. The summed E-state index contributed by atoms with van der Waals surface area (Å²) >= 11 is 0. The smallest absolute Gasteiger partial charge is 0.0547 e. The third kappa shape index (κ3) is 9.05. The lowest BCUT2D eigenvalue weighted by molar-refractivity contribution is 0.0572. The van der Waals surface area contributed by atoms with Gasteiger partial charge in [-0.1, -0.05) is 0 Å². The van der Waals surface area contributed by atoms with Crippen LogP contribution in [0.15, 0.2) is 24.5 Å². The van der Waals surface area contributed by atoms with Gasteiger partial charge in [0.15, 0.2) is 0 Å². The summed E-state index contributed by atoms with van der Waals surface area (Å²) in [5, 5.41) is 3.50. The molecule has 1 rings (SSSR count). The van der Waals surface area contributed by atoms with Crippen molar-refractivity contribution in [1.29, 1.82) is 0 Å². The number of hydrogen-bond donors (Lipinski definition) is 1. The van der Waals surface area contributed by atoms with E-state index in [9.17, 15) is 0 Å². The van der Waals surface area contributed by atoms with E-state index in [2.05, 4.69) is 50.1 Å². The standard InChI is InChI=1S/C17H30N2O/c1-15(7-5-11-19-17(2,3)4)20-14-6-8-16-9-12-18-13-10-16/h9-10,12-13,15,19H,5-8,11,14H2,1-4H3. The molecule has 1 aromatic rings. The first kappa shape index (κ1) is 17.1. The highest BCUT2D eigenvalue weighted by molar-refractivity contribution is 5.09. The van der Waals surface area contributed by atoms with Gasteiger partial charge in [0.1, 0.15) is 0 Å². The topological polar surface area (TPSA) is 34.1 Å². The van der Waals surface area contributed by atoms with Gasteiger partial charge in [0.25, 0.3) is 0 Å². The number of ether oxygens (including phenoxy) is 1. The van der Waals surface area contributed by atoms with Gasteiger partial charge >= 0.3 is 0 Å². The molecule has 0 fully saturated rings. The monoisotopic (exact) mass is 278 g/mol. The van der Waals surface area contributed by atoms with Gasteiger partial charge in [-0.05, 0) is 77.6 Å². The second-order valence-corrected chi connectivity index (χ2v) is 6.46. The molecule has 1 N–H and O–H groups in total. The molecule has 0 aliphatic carbocycles. The zero-order valence-corrected chi connectivity index (χ0v) is 13.5. The molecule has 0 bridgehead atoms. The van der Waals surface area contributed by atoms with Crippen LogP contribution in [0.4, 0.5) is 0 Å². The van der Waals surface area contributed by atoms with Crippen LogP contribution in [-0.4, -0.2) is 29.8 Å². The SMILES string of the molecule is CC(CCCNC(C)(C)C)OCCCc1ccncc1. The molecule has 1 heterocycles. The minimum absolute atomic E-state index is 0.217. The first-order chi connectivity index (χ1) is 9.47. The van der Waals surface area contributed by atoms with Gasteiger partial charge in [-0.15, -0.1) is 0 Å². The normalized spacial score (nSPS) is 13.4. The third-order valence-electron chi connectivity index (χ3n) is 3.20. The molecule has 0 aliphatic rings. The van der Waals surface area contributed by atoms with Crippen molar-refractivity contribution in [2.75, 3.05) is 13.2 Å². The zero-order chi connectivity index (χ0) is 14.8. The van der Waals surface area contributed by atoms with E-state index in [0.29, 0.717) is 6.10 Å². The van der Waals surface area contributed by atoms with Crippen LogP contribution in [0.1, 0.15) is 52.5 Å². The fourth-order valence-electron chi connectivity index (χ4n) is 2.05. The summed E-state index contributed by atoms with van der Waals surface area (Å²) in [6, 6.07) is 4.14. The van der Waals surface area contributed by atoms with E-state index in [4.69, 9.17) is 4.74 Å². The summed E-state index contributed by atoms with van der Waals surface area (Å²) in [4.78, 5) is 4.02. The van der Waals surface area contributed by atoms with Crippen LogP contribution in [0.25, 0.3) is 0 Å². The van der Waals surface area contributed by atoms with E-state index in [0.717, 1.165) is 32.4 Å². The average molecular weight is 278 g/mol. The molecule has 0 spiro atoms. The Labute approximate surface area is 124 Å². The summed E-state index contributed by atoms with van der Waals surface area (Å²) < 4.78 is 5.85. The maximum atomic E-state index is 5.85. The number of nitrogens with one attached hydrogen (secondary N) is 1. The van der Waals surface area contributed by atoms with Crippen LogP contribution >= 0.6 is 0 Å². The summed E-state index contributed by atoms with van der Waals surface area (Å²) in [5.41, 5.74) is 1.56. The predicted octanol–water partition coefficient (Wildman–Crippen LogP) is 3.59. The quantitative estimate of drug-likeness (QED) is 0.701. The molecular weight excluding hydrogens is 248 g/mol. The largest absolute Gasteiger partial charge is 0.378 e. The summed E-state index contributed by atoms with van der Waals surface area (Å²) in [6.45, 7) is 10.7. The average Bonchev–Trinajstić information content (AvgIpc) is 2.40. The third-order valence-corrected chi connectivity index (χ3v) is 3.20. The first-order valence-electron chi connectivity index (χ1n) is 7.73. The molecule has 0 aliphatic heterocycles. The van der Waals surface area contributed by atoms with E-state index in [1.165, 1.54) is 12.0 Å². The van der Waals surface area contributed by atoms with Crippen molar-refractivity contribution in [3.05, 3.63) is 30.1 Å². The van der Waals surface area contributed by atoms with Crippen LogP contribution in [-0.2, 0) is 11.2 Å². The molecule has 1 aromatic heterocycles. The van der Waals surface area contributed by atoms with Gasteiger partial charge in [0.2, 0.25) is 0 Å². The molecule has 1 unspecified atom stereocenters. The fraction of sp³-hybridized carbons (Fsp3) is 0.706. The van der Waals surface area contributed by atoms with Crippen LogP contribution in [0.5, 0.6) is 0 Å². The van der Waals surface area contributed by atoms with Crippen molar-refractivity contribution in [3.8, 4) is 0 Å². The number of nitrogens with zero attached hydrogens (tertiary/aromatic N) is 1. The van der Waals surface area contributed by atoms with E-state index >= 15 is 0 Å². The van der Waals surface area contributed by atoms with Gasteiger partial charge in [0, 0.05) is 24.5 Å². The van der Waals surface area contributed by atoms with Gasteiger partial charge < -0.3 is 10.1 Å². The van der Waals surface area contributed by atoms with Crippen LogP contribution in [0, 0.1) is 0 Å².